The first kappa shape index (κ1) is 8.70. The molecule has 0 radical (unpaired) electrons. The SMILES string of the molecule is O=C(O)CCc1nc(CF)co1. The highest BCUT2D eigenvalue weighted by molar-refractivity contribution is 5.66. The number of hydrogen-bond acceptors (Lipinski definition) is 3. The van der Waals surface area contributed by atoms with Crippen LogP contribution in [0.15, 0.2) is 10.7 Å². The summed E-state index contributed by atoms with van der Waals surface area (Å²) in [6, 6.07) is 0. The molecule has 0 fully saturated rings. The second kappa shape index (κ2) is 3.85. The average molecular weight is 173 g/mol. The molecule has 1 heterocycles. The van der Waals surface area contributed by atoms with Gasteiger partial charge in [-0.15, -0.1) is 0 Å². The smallest absolute Gasteiger partial charge is 0.303 e. The van der Waals surface area contributed by atoms with Crippen LogP contribution in [0.3, 0.4) is 0 Å². The summed E-state index contributed by atoms with van der Waals surface area (Å²) in [6.45, 7) is -0.684. The van der Waals surface area contributed by atoms with E-state index in [0.717, 1.165) is 0 Å². The lowest BCUT2D eigenvalue weighted by molar-refractivity contribution is -0.137. The number of carboxylic acid groups (broad SMARTS) is 1. The summed E-state index contributed by atoms with van der Waals surface area (Å²) >= 11 is 0. The fraction of sp³-hybridized carbons (Fsp3) is 0.429. The molecule has 66 valence electrons. The van der Waals surface area contributed by atoms with Crippen molar-refractivity contribution in [3.05, 3.63) is 17.8 Å². The molecule has 0 bridgehead atoms. The number of alkyl halides is 1. The van der Waals surface area contributed by atoms with Crippen LogP contribution in [0.1, 0.15) is 18.0 Å². The molecule has 1 aromatic rings. The van der Waals surface area contributed by atoms with E-state index in [-0.39, 0.29) is 24.4 Å². The van der Waals surface area contributed by atoms with Crippen LogP contribution in [0.4, 0.5) is 4.39 Å². The molecule has 12 heavy (non-hydrogen) atoms. The molecule has 4 nitrogen and oxygen atoms in total. The van der Waals surface area contributed by atoms with Crippen LogP contribution in [0.5, 0.6) is 0 Å². The van der Waals surface area contributed by atoms with E-state index in [0.29, 0.717) is 0 Å². The maximum atomic E-state index is 11.9. The standard InChI is InChI=1S/C7H8FNO3/c8-3-5-4-12-6(9-5)1-2-7(10)11/h4H,1-3H2,(H,10,11). The summed E-state index contributed by atoms with van der Waals surface area (Å²) in [5.41, 5.74) is 0.204. The number of oxazole rings is 1. The second-order valence-electron chi connectivity index (χ2n) is 2.26. The van der Waals surface area contributed by atoms with Gasteiger partial charge >= 0.3 is 5.97 Å². The minimum absolute atomic E-state index is 0.0494. The van der Waals surface area contributed by atoms with Crippen molar-refractivity contribution in [2.75, 3.05) is 0 Å². The summed E-state index contributed by atoms with van der Waals surface area (Å²) in [6.07, 6.45) is 1.35. The van der Waals surface area contributed by atoms with E-state index >= 15 is 0 Å². The molecule has 0 saturated carbocycles. The summed E-state index contributed by atoms with van der Waals surface area (Å²) in [5.74, 6) is -0.653. The van der Waals surface area contributed by atoms with Gasteiger partial charge < -0.3 is 9.52 Å². The first-order chi connectivity index (χ1) is 5.72. The van der Waals surface area contributed by atoms with Crippen molar-refractivity contribution in [3.8, 4) is 0 Å². The first-order valence-electron chi connectivity index (χ1n) is 3.43. The molecule has 0 aromatic carbocycles. The molecule has 0 unspecified atom stereocenters. The average Bonchev–Trinajstić information content (AvgIpc) is 2.48. The third-order valence-corrected chi connectivity index (χ3v) is 1.29. The van der Waals surface area contributed by atoms with Crippen molar-refractivity contribution >= 4 is 5.97 Å². The maximum absolute atomic E-state index is 11.9. The summed E-state index contributed by atoms with van der Waals surface area (Å²) in [4.78, 5) is 13.8. The monoisotopic (exact) mass is 173 g/mol. The van der Waals surface area contributed by atoms with Gasteiger partial charge in [-0.05, 0) is 0 Å². The molecule has 1 aromatic heterocycles. The van der Waals surface area contributed by atoms with Crippen molar-refractivity contribution in [3.63, 3.8) is 0 Å². The van der Waals surface area contributed by atoms with Gasteiger partial charge in [-0.25, -0.2) is 9.37 Å². The van der Waals surface area contributed by atoms with Crippen LogP contribution < -0.4 is 0 Å². The Labute approximate surface area is 68.0 Å². The zero-order valence-electron chi connectivity index (χ0n) is 6.29. The van der Waals surface area contributed by atoms with Gasteiger partial charge in [0.1, 0.15) is 18.6 Å². The van der Waals surface area contributed by atoms with Gasteiger partial charge in [0.15, 0.2) is 5.89 Å². The zero-order chi connectivity index (χ0) is 8.97. The third kappa shape index (κ3) is 2.34. The van der Waals surface area contributed by atoms with E-state index in [4.69, 9.17) is 9.52 Å². The number of aromatic nitrogens is 1. The lowest BCUT2D eigenvalue weighted by atomic mass is 10.3. The molecule has 0 amide bonds. The number of halogens is 1. The Morgan fingerprint density at radius 1 is 1.75 bits per heavy atom. The first-order valence-corrected chi connectivity index (χ1v) is 3.43. The topological polar surface area (TPSA) is 63.3 Å². The maximum Gasteiger partial charge on any atom is 0.303 e. The van der Waals surface area contributed by atoms with E-state index in [1.165, 1.54) is 6.26 Å². The van der Waals surface area contributed by atoms with Gasteiger partial charge in [-0.3, -0.25) is 4.79 Å². The van der Waals surface area contributed by atoms with Crippen LogP contribution in [0.2, 0.25) is 0 Å². The Balaban J connectivity index is 2.47. The highest BCUT2D eigenvalue weighted by Gasteiger charge is 2.05. The summed E-state index contributed by atoms with van der Waals surface area (Å²) < 4.78 is 16.7. The summed E-state index contributed by atoms with van der Waals surface area (Å²) in [5, 5.41) is 8.30. The number of rotatable bonds is 4. The molecule has 0 saturated heterocycles. The van der Waals surface area contributed by atoms with E-state index in [2.05, 4.69) is 4.98 Å². The number of carbonyl (C=O) groups is 1. The highest BCUT2D eigenvalue weighted by atomic mass is 19.1. The Hall–Kier alpha value is -1.39. The zero-order valence-corrected chi connectivity index (χ0v) is 6.29. The van der Waals surface area contributed by atoms with Crippen LogP contribution in [-0.2, 0) is 17.9 Å². The number of hydrogen-bond donors (Lipinski definition) is 1. The molecule has 1 N–H and O–H groups in total. The van der Waals surface area contributed by atoms with Gasteiger partial charge in [0.25, 0.3) is 0 Å². The number of aliphatic carboxylic acids is 1. The molecule has 0 atom stereocenters. The van der Waals surface area contributed by atoms with Gasteiger partial charge in [0.2, 0.25) is 0 Å². The molecule has 0 aliphatic carbocycles. The van der Waals surface area contributed by atoms with Gasteiger partial charge in [0, 0.05) is 6.42 Å². The van der Waals surface area contributed by atoms with E-state index in [9.17, 15) is 9.18 Å². The van der Waals surface area contributed by atoms with Crippen LogP contribution in [0, 0.1) is 0 Å². The Kier molecular flexibility index (Phi) is 2.79. The predicted octanol–water partition coefficient (Wildman–Crippen LogP) is 1.16. The van der Waals surface area contributed by atoms with Gasteiger partial charge in [-0.1, -0.05) is 0 Å². The Morgan fingerprint density at radius 3 is 3.00 bits per heavy atom. The molecular formula is C7H8FNO3. The van der Waals surface area contributed by atoms with Crippen molar-refractivity contribution < 1.29 is 18.7 Å². The molecule has 5 heteroatoms. The molecule has 0 aliphatic rings. The van der Waals surface area contributed by atoms with Crippen molar-refractivity contribution in [1.29, 1.82) is 0 Å². The molecular weight excluding hydrogens is 165 g/mol. The largest absolute Gasteiger partial charge is 0.481 e. The van der Waals surface area contributed by atoms with Crippen LogP contribution >= 0.6 is 0 Å². The predicted molar refractivity (Wildman–Crippen MR) is 37.3 cm³/mol. The minimum Gasteiger partial charge on any atom is -0.481 e. The Bertz CT molecular complexity index is 271. The lowest BCUT2D eigenvalue weighted by Gasteiger charge is -1.88. The molecule has 1 rings (SSSR count). The number of carboxylic acids is 1. The fourth-order valence-electron chi connectivity index (χ4n) is 0.739. The van der Waals surface area contributed by atoms with Crippen molar-refractivity contribution in [1.82, 2.24) is 4.98 Å². The van der Waals surface area contributed by atoms with Gasteiger partial charge in [0.05, 0.1) is 6.42 Å². The van der Waals surface area contributed by atoms with Gasteiger partial charge in [-0.2, -0.15) is 0 Å². The highest BCUT2D eigenvalue weighted by Crippen LogP contribution is 2.05. The van der Waals surface area contributed by atoms with Crippen molar-refractivity contribution in [2.45, 2.75) is 19.5 Å². The van der Waals surface area contributed by atoms with E-state index in [1.807, 2.05) is 0 Å². The second-order valence-corrected chi connectivity index (χ2v) is 2.26. The van der Waals surface area contributed by atoms with Crippen molar-refractivity contribution in [2.24, 2.45) is 0 Å². The lowest BCUT2D eigenvalue weighted by Crippen LogP contribution is -1.97. The van der Waals surface area contributed by atoms with Crippen LogP contribution in [-0.4, -0.2) is 16.1 Å². The minimum atomic E-state index is -0.921. The summed E-state index contributed by atoms with van der Waals surface area (Å²) in [7, 11) is 0. The number of nitrogens with zero attached hydrogens (tertiary/aromatic N) is 1. The number of aryl methyl sites for hydroxylation is 1. The van der Waals surface area contributed by atoms with Crippen LogP contribution in [0.25, 0.3) is 0 Å². The Morgan fingerprint density at radius 2 is 2.50 bits per heavy atom. The van der Waals surface area contributed by atoms with E-state index < -0.39 is 12.6 Å². The third-order valence-electron chi connectivity index (χ3n) is 1.29. The van der Waals surface area contributed by atoms with E-state index in [1.54, 1.807) is 0 Å². The normalized spacial score (nSPS) is 10.1. The molecule has 0 aliphatic heterocycles. The quantitative estimate of drug-likeness (QED) is 0.742. The molecule has 0 spiro atoms. The fourth-order valence-corrected chi connectivity index (χ4v) is 0.739.